The summed E-state index contributed by atoms with van der Waals surface area (Å²) >= 11 is 5.93. The molecular formula is C19H24ClNO2. The van der Waals surface area contributed by atoms with Gasteiger partial charge in [-0.15, -0.1) is 0 Å². The van der Waals surface area contributed by atoms with Gasteiger partial charge < -0.3 is 14.8 Å². The van der Waals surface area contributed by atoms with E-state index in [-0.39, 0.29) is 0 Å². The van der Waals surface area contributed by atoms with Crippen molar-refractivity contribution in [2.45, 2.75) is 20.8 Å². The number of benzene rings is 2. The van der Waals surface area contributed by atoms with Gasteiger partial charge in [-0.05, 0) is 60.9 Å². The van der Waals surface area contributed by atoms with Crippen LogP contribution in [-0.2, 0) is 0 Å². The van der Waals surface area contributed by atoms with Crippen LogP contribution >= 0.6 is 11.6 Å². The molecule has 0 aliphatic rings. The first-order chi connectivity index (χ1) is 11.0. The van der Waals surface area contributed by atoms with Crippen LogP contribution < -0.4 is 14.8 Å². The summed E-state index contributed by atoms with van der Waals surface area (Å²) in [6.45, 7) is 8.32. The molecule has 0 atom stereocenters. The molecule has 0 saturated heterocycles. The third-order valence-electron chi connectivity index (χ3n) is 3.26. The quantitative estimate of drug-likeness (QED) is 0.676. The lowest BCUT2D eigenvalue weighted by Crippen LogP contribution is -2.12. The number of hydrogen-bond donors (Lipinski definition) is 1. The second-order valence-electron chi connectivity index (χ2n) is 5.91. The molecule has 2 rings (SSSR count). The van der Waals surface area contributed by atoms with E-state index < -0.39 is 0 Å². The largest absolute Gasteiger partial charge is 0.493 e. The molecule has 0 amide bonds. The first-order valence-corrected chi connectivity index (χ1v) is 8.28. The Labute approximate surface area is 143 Å². The molecule has 0 heterocycles. The number of hydrogen-bond acceptors (Lipinski definition) is 3. The summed E-state index contributed by atoms with van der Waals surface area (Å²) < 4.78 is 11.4. The van der Waals surface area contributed by atoms with Gasteiger partial charge >= 0.3 is 0 Å². The second kappa shape index (κ2) is 8.68. The van der Waals surface area contributed by atoms with Gasteiger partial charge in [0.05, 0.1) is 6.61 Å². The standard InChI is InChI=1S/C19H24ClNO2/c1-14(2)13-23-18-7-5-17(6-8-18)21-10-11-22-19-9-4-16(20)12-15(19)3/h4-9,12,14,21H,10-11,13H2,1-3H3. The predicted octanol–water partition coefficient (Wildman–Crippen LogP) is 5.17. The fraction of sp³-hybridized carbons (Fsp3) is 0.368. The van der Waals surface area contributed by atoms with E-state index in [1.807, 2.05) is 49.4 Å². The Morgan fingerprint density at radius 1 is 1.04 bits per heavy atom. The lowest BCUT2D eigenvalue weighted by Gasteiger charge is -2.12. The molecule has 0 unspecified atom stereocenters. The van der Waals surface area contributed by atoms with E-state index in [1.54, 1.807) is 0 Å². The van der Waals surface area contributed by atoms with E-state index in [0.29, 0.717) is 12.5 Å². The monoisotopic (exact) mass is 333 g/mol. The normalized spacial score (nSPS) is 10.7. The van der Waals surface area contributed by atoms with Crippen LogP contribution in [-0.4, -0.2) is 19.8 Å². The van der Waals surface area contributed by atoms with E-state index >= 15 is 0 Å². The third-order valence-corrected chi connectivity index (χ3v) is 3.50. The van der Waals surface area contributed by atoms with Gasteiger partial charge in [-0.3, -0.25) is 0 Å². The molecule has 3 nitrogen and oxygen atoms in total. The van der Waals surface area contributed by atoms with Crippen LogP contribution in [0.15, 0.2) is 42.5 Å². The minimum Gasteiger partial charge on any atom is -0.493 e. The van der Waals surface area contributed by atoms with Crippen molar-refractivity contribution in [1.29, 1.82) is 0 Å². The van der Waals surface area contributed by atoms with Crippen molar-refractivity contribution >= 4 is 17.3 Å². The highest BCUT2D eigenvalue weighted by Gasteiger charge is 2.01. The van der Waals surface area contributed by atoms with Gasteiger partial charge in [0, 0.05) is 17.3 Å². The molecule has 0 bridgehead atoms. The van der Waals surface area contributed by atoms with E-state index in [9.17, 15) is 0 Å². The van der Waals surface area contributed by atoms with Gasteiger partial charge in [-0.25, -0.2) is 0 Å². The van der Waals surface area contributed by atoms with Crippen molar-refractivity contribution in [2.75, 3.05) is 25.1 Å². The van der Waals surface area contributed by atoms with E-state index in [4.69, 9.17) is 21.1 Å². The van der Waals surface area contributed by atoms with E-state index in [2.05, 4.69) is 19.2 Å². The summed E-state index contributed by atoms with van der Waals surface area (Å²) in [7, 11) is 0. The number of aryl methyl sites for hydroxylation is 1. The Morgan fingerprint density at radius 3 is 2.43 bits per heavy atom. The van der Waals surface area contributed by atoms with Gasteiger partial charge in [0.15, 0.2) is 0 Å². The first-order valence-electron chi connectivity index (χ1n) is 7.90. The minimum atomic E-state index is 0.529. The smallest absolute Gasteiger partial charge is 0.122 e. The van der Waals surface area contributed by atoms with Gasteiger partial charge in [-0.2, -0.15) is 0 Å². The first kappa shape index (κ1) is 17.5. The SMILES string of the molecule is Cc1cc(Cl)ccc1OCCNc1ccc(OCC(C)C)cc1. The van der Waals surface area contributed by atoms with Crippen molar-refractivity contribution in [3.05, 3.63) is 53.1 Å². The maximum atomic E-state index is 5.93. The average Bonchev–Trinajstić information content (AvgIpc) is 2.52. The molecular weight excluding hydrogens is 310 g/mol. The molecule has 0 aliphatic heterocycles. The van der Waals surface area contributed by atoms with Crippen molar-refractivity contribution < 1.29 is 9.47 Å². The van der Waals surface area contributed by atoms with Crippen molar-refractivity contribution in [3.8, 4) is 11.5 Å². The molecule has 2 aromatic rings. The molecule has 0 aromatic heterocycles. The maximum Gasteiger partial charge on any atom is 0.122 e. The van der Waals surface area contributed by atoms with Crippen LogP contribution in [0.5, 0.6) is 11.5 Å². The summed E-state index contributed by atoms with van der Waals surface area (Å²) in [5.41, 5.74) is 2.10. The Balaban J connectivity index is 1.73. The molecule has 4 heteroatoms. The lowest BCUT2D eigenvalue weighted by molar-refractivity contribution is 0.271. The highest BCUT2D eigenvalue weighted by molar-refractivity contribution is 6.30. The molecule has 23 heavy (non-hydrogen) atoms. The molecule has 1 N–H and O–H groups in total. The molecule has 0 aliphatic carbocycles. The zero-order valence-corrected chi connectivity index (χ0v) is 14.7. The molecule has 0 radical (unpaired) electrons. The molecule has 124 valence electrons. The topological polar surface area (TPSA) is 30.5 Å². The van der Waals surface area contributed by atoms with E-state index in [1.165, 1.54) is 0 Å². The van der Waals surface area contributed by atoms with E-state index in [0.717, 1.165) is 40.9 Å². The predicted molar refractivity (Wildman–Crippen MR) is 96.9 cm³/mol. The molecule has 0 fully saturated rings. The Bertz CT molecular complexity index is 611. The summed E-state index contributed by atoms with van der Waals surface area (Å²) in [5, 5.41) is 4.06. The zero-order valence-electron chi connectivity index (χ0n) is 13.9. The van der Waals surface area contributed by atoms with Crippen molar-refractivity contribution in [3.63, 3.8) is 0 Å². The lowest BCUT2D eigenvalue weighted by atomic mass is 10.2. The summed E-state index contributed by atoms with van der Waals surface area (Å²) in [6.07, 6.45) is 0. The second-order valence-corrected chi connectivity index (χ2v) is 6.35. The average molecular weight is 334 g/mol. The summed E-state index contributed by atoms with van der Waals surface area (Å²) in [5.74, 6) is 2.30. The number of rotatable bonds is 8. The van der Waals surface area contributed by atoms with Crippen LogP contribution in [0, 0.1) is 12.8 Å². The van der Waals surface area contributed by atoms with Crippen LogP contribution in [0.3, 0.4) is 0 Å². The number of ether oxygens (including phenoxy) is 2. The zero-order chi connectivity index (χ0) is 16.7. The third kappa shape index (κ3) is 6.03. The highest BCUT2D eigenvalue weighted by Crippen LogP contribution is 2.21. The number of halogens is 1. The molecule has 0 saturated carbocycles. The van der Waals surface area contributed by atoms with Crippen LogP contribution in [0.4, 0.5) is 5.69 Å². The van der Waals surface area contributed by atoms with Crippen LogP contribution in [0.25, 0.3) is 0 Å². The van der Waals surface area contributed by atoms with Crippen molar-refractivity contribution in [2.24, 2.45) is 5.92 Å². The molecule has 2 aromatic carbocycles. The van der Waals surface area contributed by atoms with Crippen LogP contribution in [0.1, 0.15) is 19.4 Å². The number of anilines is 1. The highest BCUT2D eigenvalue weighted by atomic mass is 35.5. The fourth-order valence-corrected chi connectivity index (χ4v) is 2.29. The van der Waals surface area contributed by atoms with Gasteiger partial charge in [0.1, 0.15) is 18.1 Å². The van der Waals surface area contributed by atoms with Gasteiger partial charge in [0.25, 0.3) is 0 Å². The summed E-state index contributed by atoms with van der Waals surface area (Å²) in [6, 6.07) is 13.6. The Morgan fingerprint density at radius 2 is 1.78 bits per heavy atom. The minimum absolute atomic E-state index is 0.529. The fourth-order valence-electron chi connectivity index (χ4n) is 2.06. The van der Waals surface area contributed by atoms with Crippen LogP contribution in [0.2, 0.25) is 5.02 Å². The Kier molecular flexibility index (Phi) is 6.60. The van der Waals surface area contributed by atoms with Gasteiger partial charge in [0.2, 0.25) is 0 Å². The Hall–Kier alpha value is -1.87. The summed E-state index contributed by atoms with van der Waals surface area (Å²) in [4.78, 5) is 0. The molecule has 0 spiro atoms. The maximum absolute atomic E-state index is 5.93. The van der Waals surface area contributed by atoms with Gasteiger partial charge in [-0.1, -0.05) is 25.4 Å². The number of nitrogens with one attached hydrogen (secondary N) is 1. The van der Waals surface area contributed by atoms with Crippen molar-refractivity contribution in [1.82, 2.24) is 0 Å².